The van der Waals surface area contributed by atoms with Gasteiger partial charge in [-0.1, -0.05) is 19.1 Å². The van der Waals surface area contributed by atoms with E-state index in [2.05, 4.69) is 62.0 Å². The first-order valence-corrected chi connectivity index (χ1v) is 8.35. The summed E-state index contributed by atoms with van der Waals surface area (Å²) in [5, 5.41) is 3.14. The zero-order valence-electron chi connectivity index (χ0n) is 14.8. The van der Waals surface area contributed by atoms with Crippen LogP contribution in [0.4, 0.5) is 5.69 Å². The summed E-state index contributed by atoms with van der Waals surface area (Å²) < 4.78 is 0. The van der Waals surface area contributed by atoms with Crippen LogP contribution in [-0.2, 0) is 6.42 Å². The lowest BCUT2D eigenvalue weighted by Crippen LogP contribution is -2.38. The lowest BCUT2D eigenvalue weighted by molar-refractivity contribution is 0.174. The van der Waals surface area contributed by atoms with Gasteiger partial charge in [0.15, 0.2) is 5.96 Å². The van der Waals surface area contributed by atoms with Crippen molar-refractivity contribution in [2.45, 2.75) is 59.5 Å². The Balaban J connectivity index is 2.39. The maximum atomic E-state index is 5.94. The highest BCUT2D eigenvalue weighted by Gasteiger charge is 2.11. The number of anilines is 1. The second-order valence-electron chi connectivity index (χ2n) is 6.22. The van der Waals surface area contributed by atoms with Gasteiger partial charge in [-0.3, -0.25) is 9.89 Å². The molecule has 1 aromatic carbocycles. The summed E-state index contributed by atoms with van der Waals surface area (Å²) in [6.45, 7) is 12.9. The van der Waals surface area contributed by atoms with Crippen molar-refractivity contribution in [1.82, 2.24) is 4.90 Å². The SMILES string of the molecule is CCc1ccc(NC(N)=NCCCN(C(C)C)C(C)C)cc1. The Bertz CT molecular complexity index is 441. The number of guanidine groups is 1. The molecular weight excluding hydrogens is 272 g/mol. The molecule has 3 N–H and O–H groups in total. The first-order valence-electron chi connectivity index (χ1n) is 8.35. The molecule has 0 amide bonds. The molecule has 0 fully saturated rings. The number of aryl methyl sites for hydroxylation is 1. The summed E-state index contributed by atoms with van der Waals surface area (Å²) in [4.78, 5) is 6.88. The predicted molar refractivity (Wildman–Crippen MR) is 97.5 cm³/mol. The predicted octanol–water partition coefficient (Wildman–Crippen LogP) is 3.48. The second-order valence-corrected chi connectivity index (χ2v) is 6.22. The van der Waals surface area contributed by atoms with Gasteiger partial charge in [-0.2, -0.15) is 0 Å². The average molecular weight is 304 g/mol. The Hall–Kier alpha value is -1.55. The maximum absolute atomic E-state index is 5.94. The molecular formula is C18H32N4. The van der Waals surface area contributed by atoms with Crippen molar-refractivity contribution < 1.29 is 0 Å². The van der Waals surface area contributed by atoms with Crippen LogP contribution in [0.1, 0.15) is 46.6 Å². The summed E-state index contributed by atoms with van der Waals surface area (Å²) >= 11 is 0. The van der Waals surface area contributed by atoms with Crippen molar-refractivity contribution in [3.8, 4) is 0 Å². The molecule has 0 aliphatic carbocycles. The lowest BCUT2D eigenvalue weighted by atomic mass is 10.1. The third-order valence-corrected chi connectivity index (χ3v) is 3.82. The summed E-state index contributed by atoms with van der Waals surface area (Å²) in [5.41, 5.74) is 8.25. The van der Waals surface area contributed by atoms with Crippen molar-refractivity contribution in [1.29, 1.82) is 0 Å². The molecule has 0 saturated heterocycles. The van der Waals surface area contributed by atoms with Gasteiger partial charge in [0.05, 0.1) is 0 Å². The fourth-order valence-electron chi connectivity index (χ4n) is 2.58. The van der Waals surface area contributed by atoms with E-state index in [0.29, 0.717) is 18.0 Å². The highest BCUT2D eigenvalue weighted by atomic mass is 15.2. The molecule has 1 rings (SSSR count). The second kappa shape index (κ2) is 9.46. The van der Waals surface area contributed by atoms with Crippen molar-refractivity contribution in [3.63, 3.8) is 0 Å². The number of nitrogens with one attached hydrogen (secondary N) is 1. The third kappa shape index (κ3) is 6.48. The number of hydrogen-bond donors (Lipinski definition) is 2. The number of aliphatic imine (C=N–C) groups is 1. The fraction of sp³-hybridized carbons (Fsp3) is 0.611. The van der Waals surface area contributed by atoms with Crippen molar-refractivity contribution in [2.24, 2.45) is 10.7 Å². The molecule has 0 radical (unpaired) electrons. The normalized spacial score (nSPS) is 12.5. The first-order chi connectivity index (χ1) is 10.4. The molecule has 0 unspecified atom stereocenters. The Morgan fingerprint density at radius 3 is 2.23 bits per heavy atom. The Morgan fingerprint density at radius 1 is 1.14 bits per heavy atom. The van der Waals surface area contributed by atoms with Gasteiger partial charge in [0.1, 0.15) is 0 Å². The van der Waals surface area contributed by atoms with Crippen LogP contribution in [0.5, 0.6) is 0 Å². The molecule has 4 heteroatoms. The Kier molecular flexibility index (Phi) is 7.96. The van der Waals surface area contributed by atoms with Crippen LogP contribution in [0.25, 0.3) is 0 Å². The Morgan fingerprint density at radius 2 is 1.73 bits per heavy atom. The summed E-state index contributed by atoms with van der Waals surface area (Å²) in [7, 11) is 0. The van der Waals surface area contributed by atoms with Crippen molar-refractivity contribution >= 4 is 11.6 Å². The highest BCUT2D eigenvalue weighted by Crippen LogP contribution is 2.09. The third-order valence-electron chi connectivity index (χ3n) is 3.82. The molecule has 0 aromatic heterocycles. The molecule has 0 saturated carbocycles. The molecule has 124 valence electrons. The van der Waals surface area contributed by atoms with E-state index in [4.69, 9.17) is 5.73 Å². The van der Waals surface area contributed by atoms with E-state index in [1.807, 2.05) is 12.1 Å². The molecule has 22 heavy (non-hydrogen) atoms. The minimum absolute atomic E-state index is 0.491. The largest absolute Gasteiger partial charge is 0.370 e. The van der Waals surface area contributed by atoms with Gasteiger partial charge in [-0.05, 0) is 58.2 Å². The van der Waals surface area contributed by atoms with E-state index in [1.54, 1.807) is 0 Å². The van der Waals surface area contributed by atoms with E-state index in [1.165, 1.54) is 5.56 Å². The number of hydrogen-bond acceptors (Lipinski definition) is 2. The van der Waals surface area contributed by atoms with E-state index < -0.39 is 0 Å². The summed E-state index contributed by atoms with van der Waals surface area (Å²) in [5.74, 6) is 0.491. The van der Waals surface area contributed by atoms with Crippen LogP contribution in [0.15, 0.2) is 29.3 Å². The minimum Gasteiger partial charge on any atom is -0.370 e. The van der Waals surface area contributed by atoms with Gasteiger partial charge in [0.2, 0.25) is 0 Å². The topological polar surface area (TPSA) is 53.6 Å². The van der Waals surface area contributed by atoms with Gasteiger partial charge >= 0.3 is 0 Å². The molecule has 0 spiro atoms. The standard InChI is InChI=1S/C18H32N4/c1-6-16-8-10-17(11-9-16)21-18(19)20-12-7-13-22(14(2)3)15(4)5/h8-11,14-15H,6-7,12-13H2,1-5H3,(H3,19,20,21). The zero-order valence-corrected chi connectivity index (χ0v) is 14.8. The summed E-state index contributed by atoms with van der Waals surface area (Å²) in [6.07, 6.45) is 2.07. The van der Waals surface area contributed by atoms with Gasteiger partial charge in [-0.15, -0.1) is 0 Å². The Labute approximate surface area is 135 Å². The van der Waals surface area contributed by atoms with E-state index in [9.17, 15) is 0 Å². The van der Waals surface area contributed by atoms with E-state index in [-0.39, 0.29) is 0 Å². The van der Waals surface area contributed by atoms with E-state index in [0.717, 1.165) is 31.6 Å². The minimum atomic E-state index is 0.491. The van der Waals surface area contributed by atoms with Gasteiger partial charge in [0.25, 0.3) is 0 Å². The smallest absolute Gasteiger partial charge is 0.193 e. The van der Waals surface area contributed by atoms with Gasteiger partial charge < -0.3 is 11.1 Å². The molecule has 0 atom stereocenters. The number of benzene rings is 1. The van der Waals surface area contributed by atoms with E-state index >= 15 is 0 Å². The number of nitrogens with two attached hydrogens (primary N) is 1. The van der Waals surface area contributed by atoms with Crippen LogP contribution in [0, 0.1) is 0 Å². The summed E-state index contributed by atoms with van der Waals surface area (Å²) in [6, 6.07) is 9.44. The highest BCUT2D eigenvalue weighted by molar-refractivity contribution is 5.92. The zero-order chi connectivity index (χ0) is 16.5. The van der Waals surface area contributed by atoms with Crippen LogP contribution >= 0.6 is 0 Å². The first kappa shape index (κ1) is 18.5. The lowest BCUT2D eigenvalue weighted by Gasteiger charge is -2.30. The number of rotatable bonds is 8. The van der Waals surface area contributed by atoms with Gasteiger partial charge in [0, 0.05) is 30.9 Å². The van der Waals surface area contributed by atoms with Crippen LogP contribution in [0.3, 0.4) is 0 Å². The average Bonchev–Trinajstić information content (AvgIpc) is 2.47. The van der Waals surface area contributed by atoms with Crippen molar-refractivity contribution in [2.75, 3.05) is 18.4 Å². The molecule has 0 heterocycles. The molecule has 0 aliphatic heterocycles. The van der Waals surface area contributed by atoms with Crippen LogP contribution in [-0.4, -0.2) is 36.0 Å². The molecule has 1 aromatic rings. The fourth-order valence-corrected chi connectivity index (χ4v) is 2.58. The van der Waals surface area contributed by atoms with Crippen LogP contribution < -0.4 is 11.1 Å². The maximum Gasteiger partial charge on any atom is 0.193 e. The van der Waals surface area contributed by atoms with Crippen LogP contribution in [0.2, 0.25) is 0 Å². The molecule has 0 bridgehead atoms. The van der Waals surface area contributed by atoms with Crippen molar-refractivity contribution in [3.05, 3.63) is 29.8 Å². The quantitative estimate of drug-likeness (QED) is 0.439. The monoisotopic (exact) mass is 304 g/mol. The molecule has 4 nitrogen and oxygen atoms in total. The van der Waals surface area contributed by atoms with Gasteiger partial charge in [-0.25, -0.2) is 0 Å². The number of nitrogens with zero attached hydrogens (tertiary/aromatic N) is 2. The molecule has 0 aliphatic rings.